The number of nitrogen functional groups attached to an aromatic ring is 1. The molecular formula is C24H26N8O. The highest BCUT2D eigenvalue weighted by Gasteiger charge is 2.18. The summed E-state index contributed by atoms with van der Waals surface area (Å²) < 4.78 is 3.00. The first-order chi connectivity index (χ1) is 15.9. The molecule has 3 aromatic heterocycles. The third kappa shape index (κ3) is 4.67. The number of carbonyl (C=O) groups is 1. The molecule has 9 nitrogen and oxygen atoms in total. The summed E-state index contributed by atoms with van der Waals surface area (Å²) in [4.78, 5) is 21.2. The van der Waals surface area contributed by atoms with Gasteiger partial charge in [-0.05, 0) is 37.6 Å². The molecule has 168 valence electrons. The van der Waals surface area contributed by atoms with Gasteiger partial charge in [0.2, 0.25) is 12.4 Å². The maximum absolute atomic E-state index is 12.1. The number of pyridine rings is 1. The van der Waals surface area contributed by atoms with Gasteiger partial charge < -0.3 is 5.73 Å². The number of aryl methyl sites for hydroxylation is 3. The number of nitrogens with zero attached hydrogens (tertiary/aromatic N) is 7. The van der Waals surface area contributed by atoms with Crippen molar-refractivity contribution in [1.29, 1.82) is 0 Å². The summed E-state index contributed by atoms with van der Waals surface area (Å²) in [6.07, 6.45) is 2.51. The van der Waals surface area contributed by atoms with E-state index in [4.69, 9.17) is 10.8 Å². The first-order valence-electron chi connectivity index (χ1n) is 10.5. The van der Waals surface area contributed by atoms with Crippen molar-refractivity contribution in [1.82, 2.24) is 29.3 Å². The van der Waals surface area contributed by atoms with E-state index in [1.807, 2.05) is 82.7 Å². The maximum atomic E-state index is 12.1. The molecule has 0 aliphatic heterocycles. The average Bonchev–Trinajstić information content (AvgIpc) is 3.17. The van der Waals surface area contributed by atoms with Crippen molar-refractivity contribution in [3.63, 3.8) is 0 Å². The fourth-order valence-electron chi connectivity index (χ4n) is 3.79. The Bertz CT molecular complexity index is 1350. The standard InChI is InChI=1S/C24H26N8O/c1-16-12-19(13-17(2)26-16)21-22(18-8-6-5-7-9-18)27-24(25)32(15-33)23(21)29-31(4)14-20-10-11-30(3)28-20/h5-13,15H,14H2,1-4H3,(H2,25,27)/b29-23-. The Labute approximate surface area is 191 Å². The molecule has 0 aliphatic rings. The molecule has 0 saturated carbocycles. The highest BCUT2D eigenvalue weighted by atomic mass is 16.1. The van der Waals surface area contributed by atoms with Crippen molar-refractivity contribution in [2.45, 2.75) is 20.4 Å². The first-order valence-corrected chi connectivity index (χ1v) is 10.5. The minimum absolute atomic E-state index is 0.0556. The van der Waals surface area contributed by atoms with Crippen LogP contribution in [0.15, 0.2) is 59.8 Å². The number of hydrogen-bond acceptors (Lipinski definition) is 7. The zero-order valence-corrected chi connectivity index (χ0v) is 19.1. The minimum Gasteiger partial charge on any atom is -0.369 e. The van der Waals surface area contributed by atoms with E-state index >= 15 is 0 Å². The van der Waals surface area contributed by atoms with Crippen molar-refractivity contribution in [2.24, 2.45) is 12.1 Å². The second-order valence-electron chi connectivity index (χ2n) is 7.89. The molecular weight excluding hydrogens is 416 g/mol. The van der Waals surface area contributed by atoms with Crippen LogP contribution in [0.5, 0.6) is 0 Å². The molecule has 0 atom stereocenters. The molecule has 0 bridgehead atoms. The molecule has 3 heterocycles. The van der Waals surface area contributed by atoms with Crippen LogP contribution in [0.3, 0.4) is 0 Å². The van der Waals surface area contributed by atoms with Gasteiger partial charge in [0.1, 0.15) is 0 Å². The van der Waals surface area contributed by atoms with Gasteiger partial charge in [0.15, 0.2) is 5.49 Å². The molecule has 4 rings (SSSR count). The Morgan fingerprint density at radius 2 is 1.76 bits per heavy atom. The van der Waals surface area contributed by atoms with Crippen LogP contribution in [0, 0.1) is 13.8 Å². The van der Waals surface area contributed by atoms with Gasteiger partial charge in [0.25, 0.3) is 0 Å². The summed E-state index contributed by atoms with van der Waals surface area (Å²) in [6.45, 7) is 4.32. The number of nitrogens with two attached hydrogens (primary N) is 1. The van der Waals surface area contributed by atoms with Crippen molar-refractivity contribution in [3.8, 4) is 22.4 Å². The largest absolute Gasteiger partial charge is 0.369 e. The number of rotatable bonds is 6. The fourth-order valence-corrected chi connectivity index (χ4v) is 3.79. The summed E-state index contributed by atoms with van der Waals surface area (Å²) in [5, 5.41) is 10.9. The molecule has 2 N–H and O–H groups in total. The molecule has 0 radical (unpaired) electrons. The molecule has 9 heteroatoms. The van der Waals surface area contributed by atoms with E-state index in [0.717, 1.165) is 28.2 Å². The van der Waals surface area contributed by atoms with Crippen LogP contribution in [-0.4, -0.2) is 42.8 Å². The van der Waals surface area contributed by atoms with Gasteiger partial charge in [-0.1, -0.05) is 30.3 Å². The smallest absolute Gasteiger partial charge is 0.222 e. The molecule has 0 aliphatic carbocycles. The molecule has 1 aromatic carbocycles. The normalized spacial score (nSPS) is 11.6. The van der Waals surface area contributed by atoms with E-state index in [1.165, 1.54) is 4.57 Å². The Kier molecular flexibility index (Phi) is 6.03. The molecule has 0 spiro atoms. The van der Waals surface area contributed by atoms with Gasteiger partial charge >= 0.3 is 0 Å². The van der Waals surface area contributed by atoms with E-state index < -0.39 is 0 Å². The number of carbonyl (C=O) groups excluding carboxylic acids is 1. The second-order valence-corrected chi connectivity index (χ2v) is 7.89. The Morgan fingerprint density at radius 1 is 1.06 bits per heavy atom. The highest BCUT2D eigenvalue weighted by Crippen LogP contribution is 2.29. The Balaban J connectivity index is 2.02. The van der Waals surface area contributed by atoms with E-state index in [2.05, 4.69) is 15.1 Å². The summed E-state index contributed by atoms with van der Waals surface area (Å²) in [6, 6.07) is 15.6. The monoisotopic (exact) mass is 442 g/mol. The van der Waals surface area contributed by atoms with Gasteiger partial charge in [-0.25, -0.2) is 9.55 Å². The topological polar surface area (TPSA) is 107 Å². The minimum atomic E-state index is 0.0556. The average molecular weight is 443 g/mol. The van der Waals surface area contributed by atoms with E-state index in [9.17, 15) is 4.79 Å². The molecule has 0 unspecified atom stereocenters. The van der Waals surface area contributed by atoms with Crippen LogP contribution in [0.1, 0.15) is 17.1 Å². The van der Waals surface area contributed by atoms with Crippen LogP contribution in [-0.2, 0) is 18.4 Å². The quantitative estimate of drug-likeness (QED) is 0.363. The first kappa shape index (κ1) is 21.9. The summed E-state index contributed by atoms with van der Waals surface area (Å²) >= 11 is 0. The predicted molar refractivity (Wildman–Crippen MR) is 127 cm³/mol. The Hall–Kier alpha value is -4.27. The van der Waals surface area contributed by atoms with Gasteiger partial charge in [-0.15, -0.1) is 0 Å². The van der Waals surface area contributed by atoms with Crippen molar-refractivity contribution in [3.05, 3.63) is 77.3 Å². The van der Waals surface area contributed by atoms with Crippen LogP contribution in [0.2, 0.25) is 0 Å². The van der Waals surface area contributed by atoms with Crippen LogP contribution >= 0.6 is 0 Å². The number of anilines is 1. The zero-order chi connectivity index (χ0) is 23.5. The van der Waals surface area contributed by atoms with Gasteiger partial charge in [-0.2, -0.15) is 10.2 Å². The van der Waals surface area contributed by atoms with Crippen LogP contribution in [0.25, 0.3) is 22.4 Å². The second kappa shape index (κ2) is 9.07. The SMILES string of the molecule is Cc1cc(-c2c(-c3ccccc3)nc(N)n(C=O)/c2=N\N(C)Cc2ccn(C)n2)cc(C)n1. The third-order valence-corrected chi connectivity index (χ3v) is 5.11. The molecule has 0 amide bonds. The van der Waals surface area contributed by atoms with Crippen LogP contribution in [0.4, 0.5) is 5.95 Å². The van der Waals surface area contributed by atoms with E-state index in [-0.39, 0.29) is 5.95 Å². The molecule has 0 fully saturated rings. The van der Waals surface area contributed by atoms with E-state index in [0.29, 0.717) is 29.7 Å². The lowest BCUT2D eigenvalue weighted by Gasteiger charge is -2.17. The van der Waals surface area contributed by atoms with Crippen molar-refractivity contribution >= 4 is 12.4 Å². The third-order valence-electron chi connectivity index (χ3n) is 5.11. The summed E-state index contributed by atoms with van der Waals surface area (Å²) in [5.74, 6) is 0.0556. The molecule has 4 aromatic rings. The highest BCUT2D eigenvalue weighted by molar-refractivity contribution is 5.82. The van der Waals surface area contributed by atoms with Crippen molar-refractivity contribution in [2.75, 3.05) is 12.8 Å². The zero-order valence-electron chi connectivity index (χ0n) is 19.1. The van der Waals surface area contributed by atoms with Gasteiger partial charge in [-0.3, -0.25) is 19.5 Å². The lowest BCUT2D eigenvalue weighted by atomic mass is 9.99. The predicted octanol–water partition coefficient (Wildman–Crippen LogP) is 2.53. The van der Waals surface area contributed by atoms with E-state index in [1.54, 1.807) is 9.69 Å². The molecule has 0 saturated heterocycles. The van der Waals surface area contributed by atoms with Crippen molar-refractivity contribution < 1.29 is 4.79 Å². The number of hydrogen-bond donors (Lipinski definition) is 1. The Morgan fingerprint density at radius 3 is 2.36 bits per heavy atom. The van der Waals surface area contributed by atoms with Gasteiger partial charge in [0, 0.05) is 37.2 Å². The molecule has 33 heavy (non-hydrogen) atoms. The maximum Gasteiger partial charge on any atom is 0.222 e. The number of benzene rings is 1. The lowest BCUT2D eigenvalue weighted by molar-refractivity contribution is 0.325. The summed E-state index contributed by atoms with van der Waals surface area (Å²) in [5.41, 5.74) is 12.2. The summed E-state index contributed by atoms with van der Waals surface area (Å²) in [7, 11) is 3.69. The van der Waals surface area contributed by atoms with Crippen LogP contribution < -0.4 is 11.2 Å². The lowest BCUT2D eigenvalue weighted by Crippen LogP contribution is -2.31. The number of aromatic nitrogens is 5. The fraction of sp³-hybridized carbons (Fsp3) is 0.208. The van der Waals surface area contributed by atoms with Gasteiger partial charge in [0.05, 0.1) is 23.5 Å².